The molecule has 0 radical (unpaired) electrons. The van der Waals surface area contributed by atoms with Gasteiger partial charge in [0.25, 0.3) is 0 Å². The van der Waals surface area contributed by atoms with Crippen LogP contribution in [-0.4, -0.2) is 19.1 Å². The van der Waals surface area contributed by atoms with E-state index in [2.05, 4.69) is 25.2 Å². The van der Waals surface area contributed by atoms with Crippen LogP contribution in [0.3, 0.4) is 0 Å². The van der Waals surface area contributed by atoms with Crippen LogP contribution in [0.1, 0.15) is 25.1 Å². The van der Waals surface area contributed by atoms with Gasteiger partial charge < -0.3 is 4.74 Å². The number of ether oxygens (including phenoxy) is 1. The summed E-state index contributed by atoms with van der Waals surface area (Å²) in [5.41, 5.74) is 0. The molecule has 1 unspecified atom stereocenters. The summed E-state index contributed by atoms with van der Waals surface area (Å²) in [6, 6.07) is 7.76. The van der Waals surface area contributed by atoms with Gasteiger partial charge in [-0.15, -0.1) is 11.3 Å². The van der Waals surface area contributed by atoms with Gasteiger partial charge in [0.15, 0.2) is 0 Å². The van der Waals surface area contributed by atoms with Crippen LogP contribution in [0, 0.1) is 5.92 Å². The average Bonchev–Trinajstić information content (AvgIpc) is 2.79. The first kappa shape index (κ1) is 16.3. The SMILES string of the molecule is COC(=O)C(CC(C)C)NCc1sc2ccccc2c1Cl. The number of methoxy groups -OCH3 is 1. The first-order valence-electron chi connectivity index (χ1n) is 7.00. The number of hydrogen-bond acceptors (Lipinski definition) is 4. The molecule has 5 heteroatoms. The minimum Gasteiger partial charge on any atom is -0.468 e. The third-order valence-electron chi connectivity index (χ3n) is 3.30. The summed E-state index contributed by atoms with van der Waals surface area (Å²) < 4.78 is 6.02. The average molecular weight is 326 g/mol. The molecule has 0 bridgehead atoms. The molecule has 2 aromatic rings. The fraction of sp³-hybridized carbons (Fsp3) is 0.438. The van der Waals surface area contributed by atoms with Crippen LogP contribution in [0.4, 0.5) is 0 Å². The zero-order chi connectivity index (χ0) is 15.4. The van der Waals surface area contributed by atoms with E-state index in [0.29, 0.717) is 12.5 Å². The van der Waals surface area contributed by atoms with Crippen molar-refractivity contribution < 1.29 is 9.53 Å². The van der Waals surface area contributed by atoms with Gasteiger partial charge in [0.2, 0.25) is 0 Å². The molecule has 1 atom stereocenters. The van der Waals surface area contributed by atoms with E-state index in [4.69, 9.17) is 16.3 Å². The maximum Gasteiger partial charge on any atom is 0.322 e. The van der Waals surface area contributed by atoms with Crippen LogP contribution in [0.15, 0.2) is 24.3 Å². The Morgan fingerprint density at radius 1 is 1.38 bits per heavy atom. The molecule has 0 aliphatic rings. The van der Waals surface area contributed by atoms with Gasteiger partial charge in [-0.1, -0.05) is 43.6 Å². The molecule has 114 valence electrons. The molecule has 1 heterocycles. The lowest BCUT2D eigenvalue weighted by Gasteiger charge is -2.18. The highest BCUT2D eigenvalue weighted by atomic mass is 35.5. The molecule has 3 nitrogen and oxygen atoms in total. The number of fused-ring (bicyclic) bond motifs is 1. The van der Waals surface area contributed by atoms with Gasteiger partial charge in [-0.25, -0.2) is 0 Å². The molecule has 0 fully saturated rings. The molecule has 2 rings (SSSR count). The second-order valence-corrected chi connectivity index (χ2v) is 6.94. The van der Waals surface area contributed by atoms with Gasteiger partial charge in [0, 0.05) is 21.5 Å². The Bertz CT molecular complexity index is 624. The van der Waals surface area contributed by atoms with Crippen LogP contribution in [0.2, 0.25) is 5.02 Å². The number of benzene rings is 1. The van der Waals surface area contributed by atoms with E-state index in [1.54, 1.807) is 11.3 Å². The van der Waals surface area contributed by atoms with Gasteiger partial charge in [0.1, 0.15) is 6.04 Å². The Morgan fingerprint density at radius 2 is 2.10 bits per heavy atom. The Hall–Kier alpha value is -1.10. The molecule has 21 heavy (non-hydrogen) atoms. The van der Waals surface area contributed by atoms with Crippen LogP contribution in [-0.2, 0) is 16.1 Å². The Balaban J connectivity index is 2.11. The van der Waals surface area contributed by atoms with E-state index in [-0.39, 0.29) is 12.0 Å². The highest BCUT2D eigenvalue weighted by Gasteiger charge is 2.21. The number of carbonyl (C=O) groups excluding carboxylic acids is 1. The lowest BCUT2D eigenvalue weighted by atomic mass is 10.0. The third-order valence-corrected chi connectivity index (χ3v) is 5.02. The van der Waals surface area contributed by atoms with E-state index in [0.717, 1.165) is 26.4 Å². The lowest BCUT2D eigenvalue weighted by Crippen LogP contribution is -2.38. The molecular formula is C16H20ClNO2S. The van der Waals surface area contributed by atoms with E-state index < -0.39 is 0 Å². The summed E-state index contributed by atoms with van der Waals surface area (Å²) in [7, 11) is 1.42. The van der Waals surface area contributed by atoms with E-state index in [1.807, 2.05) is 18.2 Å². The third kappa shape index (κ3) is 3.96. The Kier molecular flexibility index (Phi) is 5.62. The summed E-state index contributed by atoms with van der Waals surface area (Å²) in [6.45, 7) is 4.75. The van der Waals surface area contributed by atoms with Crippen LogP contribution in [0.5, 0.6) is 0 Å². The van der Waals surface area contributed by atoms with E-state index in [9.17, 15) is 4.79 Å². The standard InChI is InChI=1S/C16H20ClNO2S/c1-10(2)8-12(16(19)20-3)18-9-14-15(17)11-6-4-5-7-13(11)21-14/h4-7,10,12,18H,8-9H2,1-3H3. The van der Waals surface area contributed by atoms with Crippen molar-refractivity contribution in [3.8, 4) is 0 Å². The van der Waals surface area contributed by atoms with Gasteiger partial charge in [-0.2, -0.15) is 0 Å². The van der Waals surface area contributed by atoms with Crippen molar-refractivity contribution in [2.45, 2.75) is 32.9 Å². The van der Waals surface area contributed by atoms with Gasteiger partial charge in [-0.05, 0) is 18.4 Å². The van der Waals surface area contributed by atoms with Crippen molar-refractivity contribution in [2.75, 3.05) is 7.11 Å². The first-order chi connectivity index (χ1) is 10.0. The minimum atomic E-state index is -0.295. The summed E-state index contributed by atoms with van der Waals surface area (Å²) in [4.78, 5) is 12.9. The number of thiophene rings is 1. The lowest BCUT2D eigenvalue weighted by molar-refractivity contribution is -0.143. The molecule has 0 saturated heterocycles. The number of rotatable bonds is 6. The predicted octanol–water partition coefficient (Wildman–Crippen LogP) is 4.23. The molecular weight excluding hydrogens is 306 g/mol. The zero-order valence-corrected chi connectivity index (χ0v) is 14.1. The summed E-state index contributed by atoms with van der Waals surface area (Å²) >= 11 is 8.07. The van der Waals surface area contributed by atoms with Crippen molar-refractivity contribution in [1.29, 1.82) is 0 Å². The predicted molar refractivity (Wildman–Crippen MR) is 88.9 cm³/mol. The van der Waals surface area contributed by atoms with Crippen molar-refractivity contribution in [1.82, 2.24) is 5.32 Å². The zero-order valence-electron chi connectivity index (χ0n) is 12.5. The number of halogens is 1. The topological polar surface area (TPSA) is 38.3 Å². The smallest absolute Gasteiger partial charge is 0.322 e. The summed E-state index contributed by atoms with van der Waals surface area (Å²) in [5.74, 6) is 0.195. The largest absolute Gasteiger partial charge is 0.468 e. The normalized spacial score (nSPS) is 12.8. The van der Waals surface area contributed by atoms with E-state index in [1.165, 1.54) is 7.11 Å². The molecule has 1 N–H and O–H groups in total. The minimum absolute atomic E-state index is 0.221. The number of nitrogens with one attached hydrogen (secondary N) is 1. The van der Waals surface area contributed by atoms with Gasteiger partial charge in [0.05, 0.1) is 12.1 Å². The molecule has 0 aliphatic heterocycles. The fourth-order valence-electron chi connectivity index (χ4n) is 2.27. The summed E-state index contributed by atoms with van der Waals surface area (Å²) in [5, 5.41) is 5.11. The van der Waals surface area contributed by atoms with Gasteiger partial charge >= 0.3 is 5.97 Å². The monoisotopic (exact) mass is 325 g/mol. The number of hydrogen-bond donors (Lipinski definition) is 1. The maximum absolute atomic E-state index is 11.8. The van der Waals surface area contributed by atoms with Crippen molar-refractivity contribution in [2.24, 2.45) is 5.92 Å². The number of esters is 1. The second kappa shape index (κ2) is 7.25. The van der Waals surface area contributed by atoms with Crippen LogP contribution < -0.4 is 5.32 Å². The van der Waals surface area contributed by atoms with Crippen molar-refractivity contribution >= 4 is 39.0 Å². The molecule has 0 amide bonds. The van der Waals surface area contributed by atoms with Crippen molar-refractivity contribution in [3.05, 3.63) is 34.2 Å². The van der Waals surface area contributed by atoms with E-state index >= 15 is 0 Å². The van der Waals surface area contributed by atoms with Crippen LogP contribution >= 0.6 is 22.9 Å². The summed E-state index contributed by atoms with van der Waals surface area (Å²) in [6.07, 6.45) is 0.745. The first-order valence-corrected chi connectivity index (χ1v) is 8.19. The highest BCUT2D eigenvalue weighted by Crippen LogP contribution is 2.35. The molecule has 1 aromatic carbocycles. The maximum atomic E-state index is 11.8. The number of carbonyl (C=O) groups is 1. The Morgan fingerprint density at radius 3 is 2.71 bits per heavy atom. The molecule has 0 spiro atoms. The quantitative estimate of drug-likeness (QED) is 0.808. The fourth-order valence-corrected chi connectivity index (χ4v) is 3.72. The Labute approximate surface area is 134 Å². The van der Waals surface area contributed by atoms with Gasteiger partial charge in [-0.3, -0.25) is 10.1 Å². The second-order valence-electron chi connectivity index (χ2n) is 5.42. The van der Waals surface area contributed by atoms with Crippen LogP contribution in [0.25, 0.3) is 10.1 Å². The molecule has 0 aliphatic carbocycles. The van der Waals surface area contributed by atoms with Crippen molar-refractivity contribution in [3.63, 3.8) is 0 Å². The molecule has 0 saturated carbocycles. The molecule has 1 aromatic heterocycles. The highest BCUT2D eigenvalue weighted by molar-refractivity contribution is 7.19.